The van der Waals surface area contributed by atoms with E-state index in [0.717, 1.165) is 6.42 Å². The monoisotopic (exact) mass is 205 g/mol. The number of nitrogens with zero attached hydrogens (tertiary/aromatic N) is 1. The summed E-state index contributed by atoms with van der Waals surface area (Å²) in [6, 6.07) is 7.42. The molecule has 1 nitrogen and oxygen atoms in total. The topological polar surface area (TPSA) is 12.9 Å². The van der Waals surface area contributed by atoms with Gasteiger partial charge in [-0.1, -0.05) is 38.2 Å². The molecule has 1 heterocycles. The summed E-state index contributed by atoms with van der Waals surface area (Å²) in [5.74, 6) is 0. The van der Waals surface area contributed by atoms with Crippen LogP contribution in [0, 0.1) is 0 Å². The molecule has 2 heteroatoms. The van der Waals surface area contributed by atoms with Crippen LogP contribution in [0.15, 0.2) is 36.5 Å². The molecule has 14 heavy (non-hydrogen) atoms. The van der Waals surface area contributed by atoms with E-state index in [0.29, 0.717) is 0 Å². The first-order valence-electron chi connectivity index (χ1n) is 5.23. The summed E-state index contributed by atoms with van der Waals surface area (Å²) in [5, 5.41) is 1.31. The molecule has 0 saturated heterocycles. The molecule has 0 fully saturated rings. The third kappa shape index (κ3) is 3.11. The van der Waals surface area contributed by atoms with E-state index in [4.69, 9.17) is 0 Å². The van der Waals surface area contributed by atoms with Gasteiger partial charge in [0.05, 0.1) is 0 Å². The Morgan fingerprint density at radius 2 is 2.07 bits per heavy atom. The summed E-state index contributed by atoms with van der Waals surface area (Å²) in [6.07, 6.45) is 7.58. The van der Waals surface area contributed by atoms with Crippen LogP contribution in [-0.2, 0) is 0 Å². The molecule has 0 radical (unpaired) electrons. The van der Waals surface area contributed by atoms with Crippen molar-refractivity contribution in [3.8, 4) is 0 Å². The molecule has 0 aliphatic heterocycles. The van der Waals surface area contributed by atoms with Gasteiger partial charge in [0.15, 0.2) is 0 Å². The summed E-state index contributed by atoms with van der Waals surface area (Å²) < 4.78 is 0. The van der Waals surface area contributed by atoms with Crippen molar-refractivity contribution in [1.82, 2.24) is 4.98 Å². The van der Waals surface area contributed by atoms with Crippen LogP contribution in [0.1, 0.15) is 13.3 Å². The quantitative estimate of drug-likeness (QED) is 0.544. The van der Waals surface area contributed by atoms with Crippen molar-refractivity contribution in [3.63, 3.8) is 0 Å². The zero-order chi connectivity index (χ0) is 10.4. The Hall–Kier alpha value is -0.893. The maximum atomic E-state index is 4.46. The molecule has 1 aromatic rings. The minimum Gasteiger partial charge on any atom is -0.266 e. The van der Waals surface area contributed by atoms with Gasteiger partial charge in [-0.15, -0.1) is 0 Å². The van der Waals surface area contributed by atoms with Gasteiger partial charge in [0.2, 0.25) is 0 Å². The highest BCUT2D eigenvalue weighted by Gasteiger charge is 2.22. The molecule has 0 amide bonds. The molecule has 0 aliphatic rings. The summed E-state index contributed by atoms with van der Waals surface area (Å²) in [5.41, 5.74) is 0. The molecule has 1 rings (SSSR count). The maximum absolute atomic E-state index is 4.46. The fourth-order valence-corrected chi connectivity index (χ4v) is 3.35. The summed E-state index contributed by atoms with van der Waals surface area (Å²) in [6.45, 7) is 6.91. The van der Waals surface area contributed by atoms with Gasteiger partial charge in [0, 0.05) is 11.5 Å². The van der Waals surface area contributed by atoms with Crippen LogP contribution in [-0.4, -0.2) is 13.1 Å². The van der Waals surface area contributed by atoms with E-state index < -0.39 is 8.07 Å². The first-order chi connectivity index (χ1) is 6.67. The molecule has 0 aromatic carbocycles. The lowest BCUT2D eigenvalue weighted by Crippen LogP contribution is -2.42. The van der Waals surface area contributed by atoms with Gasteiger partial charge in [-0.25, -0.2) is 0 Å². The van der Waals surface area contributed by atoms with Crippen LogP contribution in [0.3, 0.4) is 0 Å². The second-order valence-corrected chi connectivity index (χ2v) is 8.87. The van der Waals surface area contributed by atoms with Gasteiger partial charge < -0.3 is 0 Å². The lowest BCUT2D eigenvalue weighted by atomic mass is 10.4. The number of aromatic nitrogens is 1. The third-order valence-electron chi connectivity index (χ3n) is 2.39. The standard InChI is InChI=1S/C12H19NSi/c1-4-5-8-11-14(2,3)12-9-6-7-10-13-12/h5-10H,4,11H2,1-3H3/b8-5+. The maximum Gasteiger partial charge on any atom is 0.108 e. The van der Waals surface area contributed by atoms with Crippen LogP contribution in [0.25, 0.3) is 0 Å². The summed E-state index contributed by atoms with van der Waals surface area (Å²) >= 11 is 0. The smallest absolute Gasteiger partial charge is 0.108 e. The van der Waals surface area contributed by atoms with E-state index in [1.807, 2.05) is 12.3 Å². The first-order valence-corrected chi connectivity index (χ1v) is 8.44. The highest BCUT2D eigenvalue weighted by Crippen LogP contribution is 2.09. The van der Waals surface area contributed by atoms with Gasteiger partial charge in [-0.2, -0.15) is 0 Å². The van der Waals surface area contributed by atoms with E-state index in [9.17, 15) is 0 Å². The van der Waals surface area contributed by atoms with Crippen molar-refractivity contribution in [3.05, 3.63) is 36.5 Å². The highest BCUT2D eigenvalue weighted by atomic mass is 28.3. The number of pyridine rings is 1. The Morgan fingerprint density at radius 3 is 2.64 bits per heavy atom. The van der Waals surface area contributed by atoms with Crippen LogP contribution in [0.2, 0.25) is 19.1 Å². The second kappa shape index (κ2) is 5.10. The molecule has 0 atom stereocenters. The van der Waals surface area contributed by atoms with Gasteiger partial charge >= 0.3 is 0 Å². The third-order valence-corrected chi connectivity index (χ3v) is 5.33. The van der Waals surface area contributed by atoms with E-state index >= 15 is 0 Å². The molecule has 0 unspecified atom stereocenters. The van der Waals surface area contributed by atoms with Gasteiger partial charge in [0.25, 0.3) is 0 Å². The van der Waals surface area contributed by atoms with E-state index in [1.165, 1.54) is 11.4 Å². The number of hydrogen-bond acceptors (Lipinski definition) is 1. The van der Waals surface area contributed by atoms with Crippen LogP contribution in [0.5, 0.6) is 0 Å². The van der Waals surface area contributed by atoms with E-state index in [2.05, 4.69) is 49.3 Å². The molecule has 1 aromatic heterocycles. The Bertz CT molecular complexity index is 290. The Morgan fingerprint density at radius 1 is 1.29 bits per heavy atom. The molecule has 0 aliphatic carbocycles. The van der Waals surface area contributed by atoms with Crippen molar-refractivity contribution < 1.29 is 0 Å². The Balaban J connectivity index is 2.70. The zero-order valence-electron chi connectivity index (χ0n) is 9.33. The van der Waals surface area contributed by atoms with Gasteiger partial charge in [0.1, 0.15) is 8.07 Å². The SMILES string of the molecule is CC/C=C/C[Si](C)(C)c1ccccn1. The van der Waals surface area contributed by atoms with Crippen molar-refractivity contribution in [1.29, 1.82) is 0 Å². The van der Waals surface area contributed by atoms with E-state index in [-0.39, 0.29) is 0 Å². The van der Waals surface area contributed by atoms with E-state index in [1.54, 1.807) is 0 Å². The number of rotatable bonds is 4. The zero-order valence-corrected chi connectivity index (χ0v) is 10.3. The summed E-state index contributed by atoms with van der Waals surface area (Å²) in [7, 11) is -1.31. The van der Waals surface area contributed by atoms with Crippen LogP contribution < -0.4 is 5.32 Å². The highest BCUT2D eigenvalue weighted by molar-refractivity contribution is 6.89. The normalized spacial score (nSPS) is 12.2. The predicted molar refractivity (Wildman–Crippen MR) is 65.6 cm³/mol. The molecule has 0 saturated carbocycles. The van der Waals surface area contributed by atoms with Gasteiger partial charge in [-0.05, 0) is 24.6 Å². The summed E-state index contributed by atoms with van der Waals surface area (Å²) in [4.78, 5) is 4.46. The molecule has 76 valence electrons. The number of hydrogen-bond donors (Lipinski definition) is 0. The molecular formula is C12H19NSi. The lowest BCUT2D eigenvalue weighted by Gasteiger charge is -2.19. The van der Waals surface area contributed by atoms with Crippen molar-refractivity contribution >= 4 is 13.4 Å². The molecule has 0 bridgehead atoms. The van der Waals surface area contributed by atoms with Crippen LogP contribution in [0.4, 0.5) is 0 Å². The minimum atomic E-state index is -1.31. The first kappa shape index (κ1) is 11.2. The Kier molecular flexibility index (Phi) is 4.08. The largest absolute Gasteiger partial charge is 0.266 e. The average molecular weight is 205 g/mol. The minimum absolute atomic E-state index is 1.13. The van der Waals surface area contributed by atoms with Crippen molar-refractivity contribution in [2.24, 2.45) is 0 Å². The fraction of sp³-hybridized carbons (Fsp3) is 0.417. The van der Waals surface area contributed by atoms with Crippen molar-refractivity contribution in [2.75, 3.05) is 0 Å². The second-order valence-electron chi connectivity index (χ2n) is 4.18. The predicted octanol–water partition coefficient (Wildman–Crippen LogP) is 2.96. The average Bonchev–Trinajstić information content (AvgIpc) is 2.19. The Labute approximate surface area is 87.9 Å². The fourth-order valence-electron chi connectivity index (χ4n) is 1.41. The lowest BCUT2D eigenvalue weighted by molar-refractivity contribution is 1.21. The molecular weight excluding hydrogens is 186 g/mol. The molecule has 0 spiro atoms. The van der Waals surface area contributed by atoms with Crippen LogP contribution >= 0.6 is 0 Å². The van der Waals surface area contributed by atoms with Gasteiger partial charge in [-0.3, -0.25) is 4.98 Å². The number of allylic oxidation sites excluding steroid dienone is 2. The molecule has 0 N–H and O–H groups in total. The van der Waals surface area contributed by atoms with Crippen molar-refractivity contribution in [2.45, 2.75) is 32.5 Å².